The monoisotopic (exact) mass is 458 g/mol. The molecule has 0 atom stereocenters. The van der Waals surface area contributed by atoms with Gasteiger partial charge in [0.2, 0.25) is 5.75 Å². The fourth-order valence-electron chi connectivity index (χ4n) is 3.37. The number of hydrogen-bond acceptors (Lipinski definition) is 6. The van der Waals surface area contributed by atoms with Crippen molar-refractivity contribution in [2.45, 2.75) is 6.42 Å². The molecule has 0 unspecified atom stereocenters. The van der Waals surface area contributed by atoms with Crippen LogP contribution in [0.4, 0.5) is 0 Å². The Hall–Kier alpha value is -1.93. The summed E-state index contributed by atoms with van der Waals surface area (Å²) in [4.78, 5) is 18.8. The van der Waals surface area contributed by atoms with E-state index in [1.54, 1.807) is 6.07 Å². The van der Waals surface area contributed by atoms with Crippen molar-refractivity contribution in [3.8, 4) is 28.7 Å². The summed E-state index contributed by atoms with van der Waals surface area (Å²) in [7, 11) is 1.22. The van der Waals surface area contributed by atoms with E-state index in [0.717, 1.165) is 16.7 Å². The molecular formula is C21H24NaO8P. The third-order valence-electron chi connectivity index (χ3n) is 4.64. The zero-order valence-corrected chi connectivity index (χ0v) is 17.9. The molecule has 0 fully saturated rings. The fraction of sp³-hybridized carbons (Fsp3) is 0.238. The standard InChI is InChI=1S/C21H23O8P.Na.H/c1-25-17-10-9-15-14(7-5-6-8-16(15)20(17)29-30(22,23)24)13-11-18(26-2)21(28-4)19(12-13)27-3;;/h5-7,9-12H,8H2,1-4H3,(H2,22,23,24);;. The molecule has 3 rings (SSSR count). The second-order valence-electron chi connectivity index (χ2n) is 6.33. The van der Waals surface area contributed by atoms with Crippen LogP contribution in [0.15, 0.2) is 42.5 Å². The molecule has 0 saturated carbocycles. The molecule has 2 aromatic rings. The Morgan fingerprint density at radius 1 is 0.871 bits per heavy atom. The van der Waals surface area contributed by atoms with E-state index in [9.17, 15) is 14.4 Å². The van der Waals surface area contributed by atoms with Crippen LogP contribution in [-0.2, 0) is 11.0 Å². The van der Waals surface area contributed by atoms with Crippen LogP contribution in [0, 0.1) is 0 Å². The molecule has 0 heterocycles. The molecular weight excluding hydrogens is 434 g/mol. The topological polar surface area (TPSA) is 104 Å². The number of fused-ring (bicyclic) bond motifs is 1. The summed E-state index contributed by atoms with van der Waals surface area (Å²) in [5.41, 5.74) is 2.88. The normalized spacial score (nSPS) is 12.6. The van der Waals surface area contributed by atoms with Crippen molar-refractivity contribution in [2.24, 2.45) is 0 Å². The molecule has 0 aliphatic heterocycles. The van der Waals surface area contributed by atoms with Crippen LogP contribution in [0.5, 0.6) is 28.7 Å². The molecule has 2 aromatic carbocycles. The SMILES string of the molecule is COc1cc(C2=CC=CCc3c2ccc(OC)c3OP(=O)(O)O)cc(OC)c1OC.[NaH]. The second kappa shape index (κ2) is 10.6. The van der Waals surface area contributed by atoms with Gasteiger partial charge in [-0.25, -0.2) is 4.57 Å². The molecule has 0 saturated heterocycles. The van der Waals surface area contributed by atoms with Gasteiger partial charge in [0.1, 0.15) is 0 Å². The van der Waals surface area contributed by atoms with Crippen LogP contribution >= 0.6 is 7.82 Å². The maximum absolute atomic E-state index is 11.6. The van der Waals surface area contributed by atoms with Gasteiger partial charge in [-0.3, -0.25) is 9.79 Å². The van der Waals surface area contributed by atoms with Gasteiger partial charge in [0.15, 0.2) is 23.0 Å². The molecule has 2 N–H and O–H groups in total. The van der Waals surface area contributed by atoms with Gasteiger partial charge >= 0.3 is 37.4 Å². The number of phosphoric ester groups is 1. The van der Waals surface area contributed by atoms with E-state index in [1.807, 2.05) is 36.4 Å². The first-order chi connectivity index (χ1) is 14.3. The summed E-state index contributed by atoms with van der Waals surface area (Å²) in [5.74, 6) is 1.68. The number of methoxy groups -OCH3 is 4. The van der Waals surface area contributed by atoms with Crippen LogP contribution in [0.1, 0.15) is 16.7 Å². The second-order valence-corrected chi connectivity index (χ2v) is 7.50. The van der Waals surface area contributed by atoms with E-state index in [-0.39, 0.29) is 41.1 Å². The van der Waals surface area contributed by atoms with Crippen molar-refractivity contribution >= 4 is 43.0 Å². The van der Waals surface area contributed by atoms with Gasteiger partial charge in [0, 0.05) is 5.56 Å². The van der Waals surface area contributed by atoms with Crippen LogP contribution in [0.2, 0.25) is 0 Å². The Balaban J connectivity index is 0.00000341. The van der Waals surface area contributed by atoms with Crippen LogP contribution in [0.3, 0.4) is 0 Å². The first kappa shape index (κ1) is 25.3. The van der Waals surface area contributed by atoms with E-state index in [1.165, 1.54) is 28.4 Å². The van der Waals surface area contributed by atoms with Gasteiger partial charge in [-0.05, 0) is 41.3 Å². The van der Waals surface area contributed by atoms with Crippen molar-refractivity contribution in [1.82, 2.24) is 0 Å². The van der Waals surface area contributed by atoms with Crippen molar-refractivity contribution in [3.05, 3.63) is 59.2 Å². The minimum atomic E-state index is -4.80. The summed E-state index contributed by atoms with van der Waals surface area (Å²) in [6.45, 7) is 0. The fourth-order valence-corrected chi connectivity index (χ4v) is 3.81. The van der Waals surface area contributed by atoms with Gasteiger partial charge < -0.3 is 23.5 Å². The van der Waals surface area contributed by atoms with Crippen molar-refractivity contribution in [3.63, 3.8) is 0 Å². The Bertz CT molecular complexity index is 1030. The number of ether oxygens (including phenoxy) is 4. The van der Waals surface area contributed by atoms with E-state index in [0.29, 0.717) is 29.2 Å². The molecule has 31 heavy (non-hydrogen) atoms. The third-order valence-corrected chi connectivity index (χ3v) is 5.06. The molecule has 0 radical (unpaired) electrons. The van der Waals surface area contributed by atoms with E-state index < -0.39 is 7.82 Å². The zero-order chi connectivity index (χ0) is 21.9. The first-order valence-corrected chi connectivity index (χ1v) is 10.5. The Kier molecular flexibility index (Phi) is 8.65. The summed E-state index contributed by atoms with van der Waals surface area (Å²) in [5, 5.41) is 0. The van der Waals surface area contributed by atoms with E-state index in [2.05, 4.69) is 0 Å². The van der Waals surface area contributed by atoms with Crippen LogP contribution < -0.4 is 23.5 Å². The molecule has 0 aromatic heterocycles. The van der Waals surface area contributed by atoms with Gasteiger partial charge in [0.25, 0.3) is 0 Å². The Morgan fingerprint density at radius 2 is 1.48 bits per heavy atom. The van der Waals surface area contributed by atoms with Crippen molar-refractivity contribution < 1.29 is 37.8 Å². The molecule has 0 spiro atoms. The number of rotatable bonds is 7. The average Bonchev–Trinajstić information content (AvgIpc) is 2.94. The Morgan fingerprint density at radius 3 is 2.00 bits per heavy atom. The van der Waals surface area contributed by atoms with Gasteiger partial charge in [-0.2, -0.15) is 0 Å². The Labute approximate surface area is 203 Å². The molecule has 10 heteroatoms. The summed E-state index contributed by atoms with van der Waals surface area (Å²) in [6.07, 6.45) is 6.04. The summed E-state index contributed by atoms with van der Waals surface area (Å²) >= 11 is 0. The third kappa shape index (κ3) is 5.47. The molecule has 0 bridgehead atoms. The van der Waals surface area contributed by atoms with Crippen LogP contribution in [-0.4, -0.2) is 67.8 Å². The number of phosphoric acid groups is 1. The van der Waals surface area contributed by atoms with E-state index in [4.69, 9.17) is 23.5 Å². The minimum absolute atomic E-state index is 0. The number of hydrogen-bond donors (Lipinski definition) is 2. The predicted octanol–water partition coefficient (Wildman–Crippen LogP) is 3.09. The van der Waals surface area contributed by atoms with Gasteiger partial charge in [-0.15, -0.1) is 0 Å². The molecule has 1 aliphatic carbocycles. The summed E-state index contributed by atoms with van der Waals surface area (Å²) < 4.78 is 38.1. The first-order valence-electron chi connectivity index (χ1n) is 8.95. The molecule has 162 valence electrons. The quantitative estimate of drug-likeness (QED) is 0.482. The summed E-state index contributed by atoms with van der Waals surface area (Å²) in [6, 6.07) is 7.05. The van der Waals surface area contributed by atoms with Gasteiger partial charge in [-0.1, -0.05) is 24.3 Å². The van der Waals surface area contributed by atoms with Crippen LogP contribution in [0.25, 0.3) is 5.57 Å². The zero-order valence-electron chi connectivity index (χ0n) is 17.0. The molecule has 0 amide bonds. The number of allylic oxidation sites excluding steroid dienone is 3. The number of benzene rings is 2. The average molecular weight is 458 g/mol. The van der Waals surface area contributed by atoms with Gasteiger partial charge in [0.05, 0.1) is 28.4 Å². The van der Waals surface area contributed by atoms with Crippen molar-refractivity contribution in [2.75, 3.05) is 28.4 Å². The predicted molar refractivity (Wildman–Crippen MR) is 119 cm³/mol. The maximum atomic E-state index is 11.6. The molecule has 1 aliphatic rings. The molecule has 8 nitrogen and oxygen atoms in total. The van der Waals surface area contributed by atoms with E-state index >= 15 is 0 Å². The van der Waals surface area contributed by atoms with Crippen molar-refractivity contribution in [1.29, 1.82) is 0 Å².